The molecule has 0 radical (unpaired) electrons. The van der Waals surface area contributed by atoms with Crippen LogP contribution in [-0.4, -0.2) is 126 Å². The standard InChI is InChI=1S/C79H100O20/c1-12-17-21-25-66(80)56-29-30-70(92-35-36-93-73(86)33-31-71(84)90-10)60(44-56)50-61-46-58(68(82)27-23-19-14-3)47-64(76(61)96-38-37-94-74(87)34-32-72(85)91-11)52-65-49-59(69(83)28-24-20-15-4)48-63(77(65)97-40-42-99-79(89)54(8)9)51-62-45-57(67(81)26-22-18-13-2)43-55(16-5)75(62)95-39-41-98-78(88)53(6)7/h29-34,43-49H,6,8,12-28,35-42,50-52H2,1-5,7,9-11H3/b33-31-,34-32-. The highest BCUT2D eigenvalue weighted by atomic mass is 16.6. The van der Waals surface area contributed by atoms with Crippen molar-refractivity contribution < 1.29 is 95.3 Å². The number of carbonyl (C=O) groups is 10. The van der Waals surface area contributed by atoms with E-state index in [0.29, 0.717) is 105 Å². The summed E-state index contributed by atoms with van der Waals surface area (Å²) in [7, 11) is 2.33. The van der Waals surface area contributed by atoms with Gasteiger partial charge in [0.2, 0.25) is 0 Å². The van der Waals surface area contributed by atoms with Gasteiger partial charge in [-0.15, -0.1) is 0 Å². The van der Waals surface area contributed by atoms with Gasteiger partial charge >= 0.3 is 35.8 Å². The third kappa shape index (κ3) is 28.9. The molecule has 0 saturated carbocycles. The predicted molar refractivity (Wildman–Crippen MR) is 375 cm³/mol. The highest BCUT2D eigenvalue weighted by Crippen LogP contribution is 2.40. The summed E-state index contributed by atoms with van der Waals surface area (Å²) in [5.41, 5.74) is 5.30. The molecule has 0 saturated heterocycles. The number of aryl methyl sites for hydroxylation is 1. The Morgan fingerprint density at radius 2 is 0.636 bits per heavy atom. The second-order valence-electron chi connectivity index (χ2n) is 23.9. The number of ether oxygens (including phenoxy) is 10. The average molecular weight is 1370 g/mol. The molecule has 0 atom stereocenters. The molecule has 0 bridgehead atoms. The normalized spacial score (nSPS) is 11.0. The van der Waals surface area contributed by atoms with Crippen LogP contribution < -0.4 is 18.9 Å². The molecule has 4 aromatic rings. The number of unbranched alkanes of at least 4 members (excludes halogenated alkanes) is 8. The third-order valence-electron chi connectivity index (χ3n) is 15.7. The van der Waals surface area contributed by atoms with Gasteiger partial charge in [-0.3, -0.25) is 19.2 Å². The number of carbonyl (C=O) groups excluding carboxylic acids is 10. The maximum absolute atomic E-state index is 14.8. The smallest absolute Gasteiger partial charge is 0.333 e. The van der Waals surface area contributed by atoms with E-state index in [4.69, 9.17) is 37.9 Å². The Hall–Kier alpha value is -9.46. The molecule has 0 amide bonds. The van der Waals surface area contributed by atoms with Crippen LogP contribution in [0.1, 0.15) is 232 Å². The first-order chi connectivity index (χ1) is 47.6. The fourth-order valence-electron chi connectivity index (χ4n) is 10.5. The van der Waals surface area contributed by atoms with E-state index in [1.807, 2.05) is 33.8 Å². The largest absolute Gasteiger partial charge is 0.490 e. The molecular weight excluding hydrogens is 1270 g/mol. The minimum absolute atomic E-state index is 0.00790. The maximum Gasteiger partial charge on any atom is 0.333 e. The van der Waals surface area contributed by atoms with E-state index in [0.717, 1.165) is 82.8 Å². The van der Waals surface area contributed by atoms with Gasteiger partial charge in [0.05, 0.1) is 14.2 Å². The van der Waals surface area contributed by atoms with Crippen molar-refractivity contribution in [2.45, 2.75) is 177 Å². The molecule has 0 unspecified atom stereocenters. The van der Waals surface area contributed by atoms with Gasteiger partial charge < -0.3 is 47.4 Å². The van der Waals surface area contributed by atoms with Gasteiger partial charge in [-0.05, 0) is 139 Å². The van der Waals surface area contributed by atoms with Gasteiger partial charge in [0.1, 0.15) is 75.9 Å². The van der Waals surface area contributed by atoms with Gasteiger partial charge in [0, 0.05) is 103 Å². The Morgan fingerprint density at radius 3 is 0.970 bits per heavy atom. The van der Waals surface area contributed by atoms with E-state index in [1.165, 1.54) is 21.0 Å². The van der Waals surface area contributed by atoms with Crippen molar-refractivity contribution in [3.05, 3.63) is 164 Å². The first-order valence-corrected chi connectivity index (χ1v) is 34.4. The maximum atomic E-state index is 14.8. The van der Waals surface area contributed by atoms with Crippen LogP contribution in [0.3, 0.4) is 0 Å². The SMILES string of the molecule is C=C(C)C(=O)OCCOc1c(CC)cc(C(=O)CCCCC)cc1Cc1cc(C(=O)CCCCC)cc(Cc2cc(C(=O)CCCCC)cc(Cc3cc(C(=O)CCCCC)ccc3OCCOC(=O)/C=C\C(=O)OC)c2OCCOC(=O)/C=C\C(=O)OC)c1OCCOC(=O)C(=C)C. The van der Waals surface area contributed by atoms with Crippen molar-refractivity contribution in [1.82, 2.24) is 0 Å². The molecule has 0 aliphatic rings. The van der Waals surface area contributed by atoms with Gasteiger partial charge in [-0.25, -0.2) is 28.8 Å². The molecule has 0 aliphatic carbocycles. The summed E-state index contributed by atoms with van der Waals surface area (Å²) in [5.74, 6) is -3.85. The lowest BCUT2D eigenvalue weighted by Crippen LogP contribution is -2.16. The quantitative estimate of drug-likeness (QED) is 0.0131. The van der Waals surface area contributed by atoms with E-state index in [9.17, 15) is 47.9 Å². The molecule has 20 heteroatoms. The number of hydrogen-bond acceptors (Lipinski definition) is 20. The van der Waals surface area contributed by atoms with Crippen molar-refractivity contribution >= 4 is 58.9 Å². The van der Waals surface area contributed by atoms with E-state index < -0.39 is 35.8 Å². The predicted octanol–water partition coefficient (Wildman–Crippen LogP) is 14.4. The highest BCUT2D eigenvalue weighted by molar-refractivity contribution is 5.99. The summed E-state index contributed by atoms with van der Waals surface area (Å²) in [6, 6.07) is 15.5. The summed E-state index contributed by atoms with van der Waals surface area (Å²) in [5, 5.41) is 0. The van der Waals surface area contributed by atoms with Crippen LogP contribution in [0.5, 0.6) is 23.0 Å². The number of methoxy groups -OCH3 is 2. The van der Waals surface area contributed by atoms with Crippen LogP contribution in [0, 0.1) is 0 Å². The lowest BCUT2D eigenvalue weighted by Gasteiger charge is -2.23. The molecule has 0 fully saturated rings. The second kappa shape index (κ2) is 45.2. The average Bonchev–Trinajstić information content (AvgIpc) is 0.784. The molecule has 20 nitrogen and oxygen atoms in total. The molecule has 4 aromatic carbocycles. The number of Topliss-reactive ketones (excluding diaryl/α,β-unsaturated/α-hetero) is 4. The Bertz CT molecular complexity index is 3510. The molecule has 99 heavy (non-hydrogen) atoms. The lowest BCUT2D eigenvalue weighted by molar-refractivity contribution is -0.140. The van der Waals surface area contributed by atoms with Crippen LogP contribution in [-0.2, 0) is 82.9 Å². The molecule has 536 valence electrons. The minimum atomic E-state index is -0.870. The van der Waals surface area contributed by atoms with E-state index in [-0.39, 0.29) is 143 Å². The van der Waals surface area contributed by atoms with E-state index in [2.05, 4.69) is 29.6 Å². The molecular formula is C79H100O20. The summed E-state index contributed by atoms with van der Waals surface area (Å²) in [6.45, 7) is 18.9. The first-order valence-electron chi connectivity index (χ1n) is 34.4. The molecule has 0 aromatic heterocycles. The van der Waals surface area contributed by atoms with Crippen LogP contribution in [0.25, 0.3) is 0 Å². The first kappa shape index (κ1) is 82.0. The molecule has 0 aliphatic heterocycles. The Kier molecular flexibility index (Phi) is 37.4. The van der Waals surface area contributed by atoms with Gasteiger partial charge in [0.25, 0.3) is 0 Å². The van der Waals surface area contributed by atoms with Crippen molar-refractivity contribution in [3.63, 3.8) is 0 Å². The van der Waals surface area contributed by atoms with Crippen LogP contribution in [0.2, 0.25) is 0 Å². The Balaban J connectivity index is 2.17. The summed E-state index contributed by atoms with van der Waals surface area (Å²) in [4.78, 5) is 132. The summed E-state index contributed by atoms with van der Waals surface area (Å²) < 4.78 is 57.5. The van der Waals surface area contributed by atoms with Gasteiger partial charge in [-0.1, -0.05) is 99.1 Å². The number of ketones is 4. The van der Waals surface area contributed by atoms with E-state index >= 15 is 0 Å². The lowest BCUT2D eigenvalue weighted by atomic mass is 9.88. The fraction of sp³-hybridized carbons (Fsp3) is 0.468. The molecule has 0 heterocycles. The topological polar surface area (TPSA) is 263 Å². The van der Waals surface area contributed by atoms with Crippen molar-refractivity contribution in [2.75, 3.05) is 67.1 Å². The Labute approximate surface area is 583 Å². The molecule has 4 rings (SSSR count). The summed E-state index contributed by atoms with van der Waals surface area (Å²) in [6.07, 6.45) is 14.1. The van der Waals surface area contributed by atoms with Gasteiger partial charge in [0.15, 0.2) is 23.1 Å². The van der Waals surface area contributed by atoms with Crippen molar-refractivity contribution in [2.24, 2.45) is 0 Å². The van der Waals surface area contributed by atoms with Crippen molar-refractivity contribution in [3.8, 4) is 23.0 Å². The minimum Gasteiger partial charge on any atom is -0.490 e. The second-order valence-corrected chi connectivity index (χ2v) is 23.9. The molecule has 0 spiro atoms. The van der Waals surface area contributed by atoms with Gasteiger partial charge in [-0.2, -0.15) is 0 Å². The number of benzene rings is 4. The highest BCUT2D eigenvalue weighted by Gasteiger charge is 2.26. The van der Waals surface area contributed by atoms with Crippen LogP contribution in [0.4, 0.5) is 0 Å². The van der Waals surface area contributed by atoms with E-state index in [1.54, 1.807) is 48.5 Å². The summed E-state index contributed by atoms with van der Waals surface area (Å²) >= 11 is 0. The number of rotatable bonds is 49. The third-order valence-corrected chi connectivity index (χ3v) is 15.7. The monoisotopic (exact) mass is 1370 g/mol. The zero-order valence-electron chi connectivity index (χ0n) is 59.4. The molecule has 0 N–H and O–H groups in total. The van der Waals surface area contributed by atoms with Crippen LogP contribution >= 0.6 is 0 Å². The zero-order chi connectivity index (χ0) is 72.7. The number of esters is 6. The fourth-order valence-corrected chi connectivity index (χ4v) is 10.5. The van der Waals surface area contributed by atoms with Crippen LogP contribution in [0.15, 0.2) is 103 Å². The Morgan fingerprint density at radius 1 is 0.343 bits per heavy atom. The van der Waals surface area contributed by atoms with Crippen molar-refractivity contribution in [1.29, 1.82) is 0 Å². The number of hydrogen-bond donors (Lipinski definition) is 0. The zero-order valence-corrected chi connectivity index (χ0v) is 59.4.